The van der Waals surface area contributed by atoms with Crippen LogP contribution in [0.2, 0.25) is 0 Å². The molecule has 0 aromatic rings. The fourth-order valence-electron chi connectivity index (χ4n) is 2.06. The van der Waals surface area contributed by atoms with Crippen LogP contribution in [0, 0.1) is 11.8 Å². The molecule has 72 valence electrons. The summed E-state index contributed by atoms with van der Waals surface area (Å²) in [6.45, 7) is 9.15. The molecule has 1 heteroatoms. The van der Waals surface area contributed by atoms with Crippen LogP contribution < -0.4 is 5.32 Å². The van der Waals surface area contributed by atoms with Crippen LogP contribution in [0.1, 0.15) is 47.0 Å². The van der Waals surface area contributed by atoms with Crippen molar-refractivity contribution in [2.24, 2.45) is 11.8 Å². The second-order valence-electron chi connectivity index (χ2n) is 4.78. The molecule has 0 aromatic carbocycles. The lowest BCUT2D eigenvalue weighted by atomic mass is 9.75. The Hall–Kier alpha value is -0.0400. The van der Waals surface area contributed by atoms with Gasteiger partial charge in [0.1, 0.15) is 0 Å². The first-order valence-corrected chi connectivity index (χ1v) is 5.37. The Labute approximate surface area is 76.9 Å². The van der Waals surface area contributed by atoms with E-state index in [9.17, 15) is 0 Å². The number of rotatable bonds is 4. The predicted octanol–water partition coefficient (Wildman–Crippen LogP) is 2.81. The van der Waals surface area contributed by atoms with Crippen molar-refractivity contribution in [3.8, 4) is 0 Å². The highest BCUT2D eigenvalue weighted by Crippen LogP contribution is 2.32. The van der Waals surface area contributed by atoms with Crippen molar-refractivity contribution in [2.75, 3.05) is 0 Å². The van der Waals surface area contributed by atoms with Crippen molar-refractivity contribution in [1.29, 1.82) is 0 Å². The van der Waals surface area contributed by atoms with Gasteiger partial charge in [-0.3, -0.25) is 0 Å². The van der Waals surface area contributed by atoms with Gasteiger partial charge < -0.3 is 5.32 Å². The smallest absolute Gasteiger partial charge is 0.0121 e. The Morgan fingerprint density at radius 2 is 1.67 bits per heavy atom. The molecule has 1 atom stereocenters. The van der Waals surface area contributed by atoms with E-state index in [1.807, 2.05) is 0 Å². The Balaban J connectivity index is 2.37. The average Bonchev–Trinajstić information content (AvgIpc) is 1.80. The topological polar surface area (TPSA) is 12.0 Å². The van der Waals surface area contributed by atoms with E-state index in [4.69, 9.17) is 0 Å². The van der Waals surface area contributed by atoms with E-state index in [0.29, 0.717) is 6.04 Å². The first-order chi connectivity index (χ1) is 5.61. The largest absolute Gasteiger partial charge is 0.311 e. The van der Waals surface area contributed by atoms with Gasteiger partial charge in [-0.2, -0.15) is 0 Å². The average molecular weight is 169 g/mol. The Morgan fingerprint density at radius 1 is 1.08 bits per heavy atom. The SMILES string of the molecule is CC(C)N[C@H](C(C)C)C1CCC1. The minimum atomic E-state index is 0.637. The third-order valence-corrected chi connectivity index (χ3v) is 2.90. The Morgan fingerprint density at radius 3 is 1.92 bits per heavy atom. The lowest BCUT2D eigenvalue weighted by molar-refractivity contribution is 0.179. The molecule has 0 unspecified atom stereocenters. The first-order valence-electron chi connectivity index (χ1n) is 5.37. The molecule has 1 fully saturated rings. The normalized spacial score (nSPS) is 21.5. The fraction of sp³-hybridized carbons (Fsp3) is 1.00. The van der Waals surface area contributed by atoms with Gasteiger partial charge in [0.15, 0.2) is 0 Å². The van der Waals surface area contributed by atoms with E-state index >= 15 is 0 Å². The zero-order chi connectivity index (χ0) is 9.14. The van der Waals surface area contributed by atoms with Gasteiger partial charge in [0, 0.05) is 12.1 Å². The van der Waals surface area contributed by atoms with Crippen molar-refractivity contribution in [1.82, 2.24) is 5.32 Å². The maximum Gasteiger partial charge on any atom is 0.0121 e. The lowest BCUT2D eigenvalue weighted by Crippen LogP contribution is -2.46. The number of hydrogen-bond donors (Lipinski definition) is 1. The predicted molar refractivity (Wildman–Crippen MR) is 54.2 cm³/mol. The van der Waals surface area contributed by atoms with Crippen LogP contribution in [0.15, 0.2) is 0 Å². The third-order valence-electron chi connectivity index (χ3n) is 2.90. The van der Waals surface area contributed by atoms with Gasteiger partial charge >= 0.3 is 0 Å². The molecule has 0 spiro atoms. The molecule has 1 aliphatic carbocycles. The second kappa shape index (κ2) is 4.27. The molecule has 1 rings (SSSR count). The molecular formula is C11H23N. The van der Waals surface area contributed by atoms with Crippen LogP contribution in [0.3, 0.4) is 0 Å². The van der Waals surface area contributed by atoms with E-state index in [1.54, 1.807) is 0 Å². The second-order valence-corrected chi connectivity index (χ2v) is 4.78. The zero-order valence-corrected chi connectivity index (χ0v) is 8.93. The molecule has 0 aromatic heterocycles. The van der Waals surface area contributed by atoms with Crippen molar-refractivity contribution in [3.05, 3.63) is 0 Å². The summed E-state index contributed by atoms with van der Waals surface area (Å²) in [6.07, 6.45) is 4.35. The van der Waals surface area contributed by atoms with Crippen LogP contribution in [-0.2, 0) is 0 Å². The van der Waals surface area contributed by atoms with Crippen LogP contribution in [-0.4, -0.2) is 12.1 Å². The molecule has 12 heavy (non-hydrogen) atoms. The molecule has 1 N–H and O–H groups in total. The molecule has 0 radical (unpaired) electrons. The standard InChI is InChI=1S/C11H23N/c1-8(2)11(12-9(3)4)10-6-5-7-10/h8-12H,5-7H2,1-4H3/t11-/m1/s1. The molecule has 0 aliphatic heterocycles. The number of nitrogens with one attached hydrogen (secondary N) is 1. The summed E-state index contributed by atoms with van der Waals surface area (Å²) < 4.78 is 0. The Bertz CT molecular complexity index is 125. The first kappa shape index (κ1) is 10.0. The summed E-state index contributed by atoms with van der Waals surface area (Å²) in [5.41, 5.74) is 0. The molecule has 1 nitrogen and oxygen atoms in total. The van der Waals surface area contributed by atoms with Crippen LogP contribution in [0.5, 0.6) is 0 Å². The van der Waals surface area contributed by atoms with Crippen LogP contribution in [0.25, 0.3) is 0 Å². The van der Waals surface area contributed by atoms with Gasteiger partial charge in [0.25, 0.3) is 0 Å². The quantitative estimate of drug-likeness (QED) is 0.682. The maximum atomic E-state index is 3.68. The van der Waals surface area contributed by atoms with Gasteiger partial charge in [0.05, 0.1) is 0 Å². The molecule has 1 aliphatic rings. The highest BCUT2D eigenvalue weighted by atomic mass is 15.0. The maximum absolute atomic E-state index is 3.68. The Kier molecular flexibility index (Phi) is 3.57. The summed E-state index contributed by atoms with van der Waals surface area (Å²) in [5, 5.41) is 3.68. The number of hydrogen-bond acceptors (Lipinski definition) is 1. The van der Waals surface area contributed by atoms with Gasteiger partial charge in [-0.15, -0.1) is 0 Å². The molecule has 0 amide bonds. The van der Waals surface area contributed by atoms with Gasteiger partial charge in [-0.25, -0.2) is 0 Å². The van der Waals surface area contributed by atoms with E-state index in [1.165, 1.54) is 19.3 Å². The van der Waals surface area contributed by atoms with Gasteiger partial charge in [-0.05, 0) is 24.7 Å². The van der Waals surface area contributed by atoms with Gasteiger partial charge in [0.2, 0.25) is 0 Å². The van der Waals surface area contributed by atoms with Crippen LogP contribution in [0.4, 0.5) is 0 Å². The molecule has 0 heterocycles. The van der Waals surface area contributed by atoms with Crippen LogP contribution >= 0.6 is 0 Å². The fourth-order valence-corrected chi connectivity index (χ4v) is 2.06. The summed E-state index contributed by atoms with van der Waals surface area (Å²) in [4.78, 5) is 0. The monoisotopic (exact) mass is 169 g/mol. The van der Waals surface area contributed by atoms with Gasteiger partial charge in [-0.1, -0.05) is 34.1 Å². The molecule has 0 bridgehead atoms. The summed E-state index contributed by atoms with van der Waals surface area (Å²) in [5.74, 6) is 1.75. The van der Waals surface area contributed by atoms with Crippen molar-refractivity contribution in [3.63, 3.8) is 0 Å². The van der Waals surface area contributed by atoms with Crippen molar-refractivity contribution < 1.29 is 0 Å². The minimum absolute atomic E-state index is 0.637. The summed E-state index contributed by atoms with van der Waals surface area (Å²) in [6, 6.07) is 1.40. The third kappa shape index (κ3) is 2.48. The summed E-state index contributed by atoms with van der Waals surface area (Å²) in [7, 11) is 0. The van der Waals surface area contributed by atoms with Crippen molar-refractivity contribution >= 4 is 0 Å². The van der Waals surface area contributed by atoms with E-state index in [-0.39, 0.29) is 0 Å². The minimum Gasteiger partial charge on any atom is -0.311 e. The lowest BCUT2D eigenvalue weighted by Gasteiger charge is -2.38. The van der Waals surface area contributed by atoms with E-state index in [0.717, 1.165) is 17.9 Å². The molecule has 1 saturated carbocycles. The van der Waals surface area contributed by atoms with E-state index in [2.05, 4.69) is 33.0 Å². The molecular weight excluding hydrogens is 146 g/mol. The summed E-state index contributed by atoms with van der Waals surface area (Å²) >= 11 is 0. The highest BCUT2D eigenvalue weighted by Gasteiger charge is 2.29. The van der Waals surface area contributed by atoms with E-state index < -0.39 is 0 Å². The highest BCUT2D eigenvalue weighted by molar-refractivity contribution is 4.85. The van der Waals surface area contributed by atoms with Crippen molar-refractivity contribution in [2.45, 2.75) is 59.0 Å². The molecule has 0 saturated heterocycles. The zero-order valence-electron chi connectivity index (χ0n) is 8.93.